The van der Waals surface area contributed by atoms with E-state index in [2.05, 4.69) is 209 Å². The molecule has 0 N–H and O–H groups in total. The van der Waals surface area contributed by atoms with Crippen LogP contribution >= 0.6 is 31.9 Å². The van der Waals surface area contributed by atoms with Gasteiger partial charge in [0.2, 0.25) is 0 Å². The van der Waals surface area contributed by atoms with Gasteiger partial charge in [0.05, 0.1) is 22.1 Å². The van der Waals surface area contributed by atoms with Crippen molar-refractivity contribution in [2.24, 2.45) is 0 Å². The molecular weight excluding hydrogens is 796 g/mol. The lowest BCUT2D eigenvalue weighted by atomic mass is 9.85. The Labute approximate surface area is 335 Å². The van der Waals surface area contributed by atoms with Gasteiger partial charge in [0.1, 0.15) is 0 Å². The van der Waals surface area contributed by atoms with Gasteiger partial charge in [-0.15, -0.1) is 0 Å². The third-order valence-electron chi connectivity index (χ3n) is 10.8. The second-order valence-electron chi connectivity index (χ2n) is 19.0. The van der Waals surface area contributed by atoms with Crippen LogP contribution in [0.3, 0.4) is 0 Å². The zero-order chi connectivity index (χ0) is 39.4. The van der Waals surface area contributed by atoms with Crippen LogP contribution in [0.15, 0.2) is 103 Å². The summed E-state index contributed by atoms with van der Waals surface area (Å²) in [4.78, 5) is 29.1. The van der Waals surface area contributed by atoms with E-state index in [0.29, 0.717) is 21.5 Å². The first-order valence-corrected chi connectivity index (χ1v) is 20.3. The molecule has 0 saturated heterocycles. The van der Waals surface area contributed by atoms with Crippen molar-refractivity contribution in [2.45, 2.75) is 105 Å². The number of benzene rings is 5. The number of halogens is 2. The summed E-state index contributed by atoms with van der Waals surface area (Å²) in [6.45, 7) is 26.1. The fourth-order valence-corrected chi connectivity index (χ4v) is 8.74. The van der Waals surface area contributed by atoms with E-state index in [1.807, 2.05) is 0 Å². The number of fused-ring (bicyclic) bond motifs is 4. The second-order valence-corrected chi connectivity index (χ2v) is 20.7. The van der Waals surface area contributed by atoms with Gasteiger partial charge >= 0.3 is 0 Å². The van der Waals surface area contributed by atoms with Crippen LogP contribution in [0.2, 0.25) is 0 Å². The molecule has 2 heterocycles. The quantitative estimate of drug-likeness (QED) is 0.163. The molecule has 0 aliphatic rings. The van der Waals surface area contributed by atoms with Gasteiger partial charge in [0.15, 0.2) is 10.9 Å². The number of nitrogens with zero attached hydrogens (tertiary/aromatic N) is 2. The first-order chi connectivity index (χ1) is 25.0. The SMILES string of the molecule is CC(C)(C)c1ccc2c(c1)c(=O)c1cc(C(C)(C)C)cc(Br)c1n2-c1cccc(-n2c3ccc(C(C)(C)C)cc3c(=O)c3cc(C(C)(C)C)cc(Br)c32)c1. The smallest absolute Gasteiger partial charge is 0.197 e. The summed E-state index contributed by atoms with van der Waals surface area (Å²) >= 11 is 7.88. The van der Waals surface area contributed by atoms with E-state index in [1.165, 1.54) is 0 Å². The molecule has 7 aromatic rings. The van der Waals surface area contributed by atoms with E-state index in [4.69, 9.17) is 0 Å². The third kappa shape index (κ3) is 6.47. The molecule has 0 saturated carbocycles. The summed E-state index contributed by atoms with van der Waals surface area (Å²) in [5.41, 5.74) is 8.99. The highest BCUT2D eigenvalue weighted by Crippen LogP contribution is 2.38. The van der Waals surface area contributed by atoms with Crippen molar-refractivity contribution in [1.82, 2.24) is 9.13 Å². The average molecular weight is 847 g/mol. The average Bonchev–Trinajstić information content (AvgIpc) is 3.07. The van der Waals surface area contributed by atoms with Crippen LogP contribution in [-0.4, -0.2) is 9.13 Å². The fraction of sp³-hybridized carbons (Fsp3) is 0.333. The van der Waals surface area contributed by atoms with Gasteiger partial charge in [-0.05, 0) is 143 Å². The van der Waals surface area contributed by atoms with Crippen LogP contribution < -0.4 is 10.9 Å². The van der Waals surface area contributed by atoms with Crippen molar-refractivity contribution >= 4 is 75.5 Å². The molecule has 54 heavy (non-hydrogen) atoms. The number of rotatable bonds is 2. The summed E-state index contributed by atoms with van der Waals surface area (Å²) in [5.74, 6) is 0. The normalized spacial score (nSPS) is 13.1. The van der Waals surface area contributed by atoms with Gasteiger partial charge in [-0.25, -0.2) is 0 Å². The molecule has 0 unspecified atom stereocenters. The van der Waals surface area contributed by atoms with Gasteiger partial charge < -0.3 is 9.13 Å². The Morgan fingerprint density at radius 3 is 1.07 bits per heavy atom. The minimum atomic E-state index is -0.157. The molecule has 0 bridgehead atoms. The van der Waals surface area contributed by atoms with Gasteiger partial charge in [0.25, 0.3) is 0 Å². The minimum Gasteiger partial charge on any atom is -0.308 e. The molecule has 4 nitrogen and oxygen atoms in total. The first kappa shape index (κ1) is 38.3. The summed E-state index contributed by atoms with van der Waals surface area (Å²) in [6, 6.07) is 29.5. The Morgan fingerprint density at radius 1 is 0.407 bits per heavy atom. The largest absolute Gasteiger partial charge is 0.308 e. The zero-order valence-corrected chi connectivity index (χ0v) is 36.7. The zero-order valence-electron chi connectivity index (χ0n) is 33.5. The van der Waals surface area contributed by atoms with Crippen molar-refractivity contribution in [3.63, 3.8) is 0 Å². The van der Waals surface area contributed by atoms with Crippen LogP contribution in [0.1, 0.15) is 105 Å². The Kier molecular flexibility index (Phi) is 9.06. The van der Waals surface area contributed by atoms with E-state index < -0.39 is 0 Å². The topological polar surface area (TPSA) is 44.0 Å². The molecule has 278 valence electrons. The van der Waals surface area contributed by atoms with Crippen molar-refractivity contribution in [2.75, 3.05) is 0 Å². The lowest BCUT2D eigenvalue weighted by Gasteiger charge is -2.25. The molecule has 0 aliphatic heterocycles. The maximum absolute atomic E-state index is 14.6. The van der Waals surface area contributed by atoms with Gasteiger partial charge in [-0.3, -0.25) is 9.59 Å². The highest BCUT2D eigenvalue weighted by atomic mass is 79.9. The van der Waals surface area contributed by atoms with E-state index >= 15 is 0 Å². The minimum absolute atomic E-state index is 0.0240. The maximum Gasteiger partial charge on any atom is 0.197 e. The van der Waals surface area contributed by atoms with Gasteiger partial charge in [0, 0.05) is 41.9 Å². The molecule has 0 spiro atoms. The van der Waals surface area contributed by atoms with E-state index in [0.717, 1.165) is 64.6 Å². The molecule has 0 atom stereocenters. The highest BCUT2D eigenvalue weighted by molar-refractivity contribution is 9.11. The Hall–Kier alpha value is -4.00. The first-order valence-electron chi connectivity index (χ1n) is 18.7. The van der Waals surface area contributed by atoms with E-state index in [-0.39, 0.29) is 32.5 Å². The second kappa shape index (κ2) is 12.8. The molecule has 5 aromatic carbocycles. The highest BCUT2D eigenvalue weighted by Gasteiger charge is 2.25. The van der Waals surface area contributed by atoms with E-state index in [9.17, 15) is 9.59 Å². The Morgan fingerprint density at radius 2 is 0.741 bits per heavy atom. The van der Waals surface area contributed by atoms with Crippen LogP contribution in [0.5, 0.6) is 0 Å². The Balaban J connectivity index is 1.63. The molecule has 7 rings (SSSR count). The molecular formula is C48H50Br2N2O2. The van der Waals surface area contributed by atoms with Gasteiger partial charge in [-0.2, -0.15) is 0 Å². The van der Waals surface area contributed by atoms with Crippen LogP contribution in [-0.2, 0) is 21.7 Å². The molecule has 0 aliphatic carbocycles. The van der Waals surface area contributed by atoms with Crippen LogP contribution in [0, 0.1) is 0 Å². The summed E-state index contributed by atoms with van der Waals surface area (Å²) < 4.78 is 6.16. The predicted molar refractivity (Wildman–Crippen MR) is 238 cm³/mol. The van der Waals surface area contributed by atoms with Crippen molar-refractivity contribution in [1.29, 1.82) is 0 Å². The van der Waals surface area contributed by atoms with Crippen molar-refractivity contribution < 1.29 is 0 Å². The number of hydrogen-bond acceptors (Lipinski definition) is 2. The fourth-order valence-electron chi connectivity index (χ4n) is 7.46. The Bertz CT molecular complexity index is 2620. The lowest BCUT2D eigenvalue weighted by molar-refractivity contribution is 0.590. The summed E-state index contributed by atoms with van der Waals surface area (Å²) in [5, 5.41) is 2.71. The summed E-state index contributed by atoms with van der Waals surface area (Å²) in [7, 11) is 0. The van der Waals surface area contributed by atoms with E-state index in [1.54, 1.807) is 0 Å². The van der Waals surface area contributed by atoms with Gasteiger partial charge in [-0.1, -0.05) is 101 Å². The predicted octanol–water partition coefficient (Wildman–Crippen LogP) is 13.3. The molecule has 0 amide bonds. The van der Waals surface area contributed by atoms with Crippen molar-refractivity contribution in [3.8, 4) is 11.4 Å². The number of hydrogen-bond donors (Lipinski definition) is 0. The number of pyridine rings is 2. The maximum atomic E-state index is 14.6. The van der Waals surface area contributed by atoms with Crippen molar-refractivity contribution in [3.05, 3.63) is 137 Å². The summed E-state index contributed by atoms with van der Waals surface area (Å²) in [6.07, 6.45) is 0. The molecule has 0 radical (unpaired) electrons. The number of aromatic nitrogens is 2. The van der Waals surface area contributed by atoms with Crippen LogP contribution in [0.25, 0.3) is 55.0 Å². The lowest BCUT2D eigenvalue weighted by Crippen LogP contribution is -2.18. The monoisotopic (exact) mass is 844 g/mol. The van der Waals surface area contributed by atoms with Crippen LogP contribution in [0.4, 0.5) is 0 Å². The molecule has 0 fully saturated rings. The third-order valence-corrected chi connectivity index (χ3v) is 12.0. The standard InChI is InChI=1S/C48H50Br2N2O2/c1-45(2,3)27-16-18-39-33(20-27)43(53)35-22-29(47(7,8)9)24-37(49)41(35)51(39)31-14-13-15-32(26-31)52-40-19-17-28(46(4,5)6)21-34(40)44(54)36-23-30(48(10,11)12)25-38(50)42(36)52/h13-26H,1-12H3. The molecule has 2 aromatic heterocycles. The molecule has 6 heteroatoms.